The van der Waals surface area contributed by atoms with E-state index in [2.05, 4.69) is 20.9 Å². The second-order valence-electron chi connectivity index (χ2n) is 4.18. The van der Waals surface area contributed by atoms with Crippen molar-refractivity contribution >= 4 is 26.0 Å². The normalized spacial score (nSPS) is 17.9. The number of halogens is 4. The Kier molecular flexibility index (Phi) is 4.22. The van der Waals surface area contributed by atoms with Gasteiger partial charge in [0.15, 0.2) is 0 Å². The average molecular weight is 371 g/mol. The predicted octanol–water partition coefficient (Wildman–Crippen LogP) is 2.73. The van der Waals surface area contributed by atoms with Crippen molar-refractivity contribution in [1.29, 1.82) is 0 Å². The largest absolute Gasteiger partial charge is 0.412 e. The molecule has 1 aliphatic rings. The van der Waals surface area contributed by atoms with Gasteiger partial charge in [0, 0.05) is 35.5 Å². The van der Waals surface area contributed by atoms with E-state index in [-0.39, 0.29) is 24.4 Å². The fraction of sp³-hybridized carbons (Fsp3) is 0.364. The summed E-state index contributed by atoms with van der Waals surface area (Å²) >= 11 is 3.11. The molecule has 1 aromatic rings. The third kappa shape index (κ3) is 3.21. The third-order valence-corrected chi connectivity index (χ3v) is 5.12. The van der Waals surface area contributed by atoms with Crippen LogP contribution in [0.5, 0.6) is 0 Å². The molecule has 110 valence electrons. The van der Waals surface area contributed by atoms with Crippen LogP contribution in [0, 0.1) is 0 Å². The lowest BCUT2D eigenvalue weighted by molar-refractivity contribution is -0.0953. The molecule has 0 fully saturated rings. The van der Waals surface area contributed by atoms with E-state index in [4.69, 9.17) is 0 Å². The van der Waals surface area contributed by atoms with Crippen molar-refractivity contribution in [3.8, 4) is 0 Å². The first-order valence-electron chi connectivity index (χ1n) is 5.58. The summed E-state index contributed by atoms with van der Waals surface area (Å²) in [6, 6.07) is 1.37. The van der Waals surface area contributed by atoms with E-state index in [9.17, 15) is 21.6 Å². The van der Waals surface area contributed by atoms with Crippen molar-refractivity contribution in [2.45, 2.75) is 17.5 Å². The smallest absolute Gasteiger partial charge is 0.262 e. The van der Waals surface area contributed by atoms with Crippen LogP contribution in [0.25, 0.3) is 0 Å². The van der Waals surface area contributed by atoms with E-state index in [1.807, 2.05) is 0 Å². The minimum atomic E-state index is -4.40. The summed E-state index contributed by atoms with van der Waals surface area (Å²) in [5.41, 5.74) is -0.684. The summed E-state index contributed by atoms with van der Waals surface area (Å²) in [4.78, 5) is 3.71. The zero-order chi connectivity index (χ0) is 15.0. The van der Waals surface area contributed by atoms with Gasteiger partial charge in [-0.25, -0.2) is 8.42 Å². The molecule has 20 heavy (non-hydrogen) atoms. The summed E-state index contributed by atoms with van der Waals surface area (Å²) in [5, 5.41) is 0. The minimum absolute atomic E-state index is 0.0456. The van der Waals surface area contributed by atoms with Crippen LogP contribution >= 0.6 is 15.9 Å². The minimum Gasteiger partial charge on any atom is -0.262 e. The van der Waals surface area contributed by atoms with Gasteiger partial charge in [-0.15, -0.1) is 0 Å². The molecular formula is C11H10BrF3N2O2S. The molecule has 0 N–H and O–H groups in total. The average Bonchev–Trinajstić information content (AvgIpc) is 2.38. The zero-order valence-corrected chi connectivity index (χ0v) is 12.5. The van der Waals surface area contributed by atoms with Crippen LogP contribution in [0.2, 0.25) is 0 Å². The molecule has 0 bridgehead atoms. The second kappa shape index (κ2) is 5.45. The molecular weight excluding hydrogens is 361 g/mol. The van der Waals surface area contributed by atoms with Crippen LogP contribution in [-0.2, 0) is 10.0 Å². The van der Waals surface area contributed by atoms with E-state index in [0.29, 0.717) is 4.47 Å². The number of alkyl halides is 3. The lowest BCUT2D eigenvalue weighted by Crippen LogP contribution is -2.36. The van der Waals surface area contributed by atoms with Crippen molar-refractivity contribution in [2.24, 2.45) is 0 Å². The Bertz CT molecular complexity index is 643. The summed E-state index contributed by atoms with van der Waals surface area (Å²) in [5.74, 6) is 0. The highest BCUT2D eigenvalue weighted by Gasteiger charge is 2.37. The van der Waals surface area contributed by atoms with Gasteiger partial charge in [0.1, 0.15) is 4.90 Å². The number of nitrogens with zero attached hydrogens (tertiary/aromatic N) is 2. The summed E-state index contributed by atoms with van der Waals surface area (Å²) < 4.78 is 63.5. The topological polar surface area (TPSA) is 50.3 Å². The molecule has 0 radical (unpaired) electrons. The van der Waals surface area contributed by atoms with Gasteiger partial charge in [-0.05, 0) is 28.4 Å². The fourth-order valence-corrected chi connectivity index (χ4v) is 3.70. The van der Waals surface area contributed by atoms with Gasteiger partial charge >= 0.3 is 6.18 Å². The molecule has 4 nitrogen and oxygen atoms in total. The maximum Gasteiger partial charge on any atom is 0.412 e. The molecule has 9 heteroatoms. The standard InChI is InChI=1S/C11H10BrF3N2O2S/c12-9-5-10(7-16-6-9)20(18,19)17-3-1-8(2-4-17)11(13,14)15/h1,5-7H,2-4H2. The molecule has 0 saturated carbocycles. The summed E-state index contributed by atoms with van der Waals surface area (Å²) in [7, 11) is -3.82. The zero-order valence-electron chi connectivity index (χ0n) is 10.1. The number of hydrogen-bond donors (Lipinski definition) is 0. The van der Waals surface area contributed by atoms with Gasteiger partial charge in [0.05, 0.1) is 0 Å². The van der Waals surface area contributed by atoms with Crippen molar-refractivity contribution in [3.63, 3.8) is 0 Å². The van der Waals surface area contributed by atoms with Crippen LogP contribution in [0.1, 0.15) is 6.42 Å². The van der Waals surface area contributed by atoms with E-state index in [1.165, 1.54) is 18.5 Å². The van der Waals surface area contributed by atoms with Crippen LogP contribution in [0.3, 0.4) is 0 Å². The first-order valence-corrected chi connectivity index (χ1v) is 7.81. The van der Waals surface area contributed by atoms with Gasteiger partial charge in [-0.1, -0.05) is 6.08 Å². The van der Waals surface area contributed by atoms with Crippen LogP contribution in [0.15, 0.2) is 39.5 Å². The Morgan fingerprint density at radius 3 is 2.50 bits per heavy atom. The highest BCUT2D eigenvalue weighted by atomic mass is 79.9. The van der Waals surface area contributed by atoms with Gasteiger partial charge in [-0.3, -0.25) is 4.98 Å². The highest BCUT2D eigenvalue weighted by molar-refractivity contribution is 9.10. The Morgan fingerprint density at radius 2 is 2.00 bits per heavy atom. The molecule has 2 rings (SSSR count). The monoisotopic (exact) mass is 370 g/mol. The molecule has 0 unspecified atom stereocenters. The molecule has 0 atom stereocenters. The molecule has 0 amide bonds. The van der Waals surface area contributed by atoms with E-state index < -0.39 is 21.8 Å². The first kappa shape index (κ1) is 15.5. The maximum atomic E-state index is 12.5. The van der Waals surface area contributed by atoms with Crippen molar-refractivity contribution in [2.75, 3.05) is 13.1 Å². The number of sulfonamides is 1. The van der Waals surface area contributed by atoms with Gasteiger partial charge in [-0.2, -0.15) is 17.5 Å². The van der Waals surface area contributed by atoms with Crippen LogP contribution in [0.4, 0.5) is 13.2 Å². The number of rotatable bonds is 2. The molecule has 0 saturated heterocycles. The molecule has 2 heterocycles. The van der Waals surface area contributed by atoms with Gasteiger partial charge in [0.25, 0.3) is 0 Å². The number of pyridine rings is 1. The van der Waals surface area contributed by atoms with Crippen LogP contribution in [-0.4, -0.2) is 37.0 Å². The second-order valence-corrected chi connectivity index (χ2v) is 7.03. The molecule has 0 aliphatic carbocycles. The lowest BCUT2D eigenvalue weighted by atomic mass is 10.1. The first-order chi connectivity index (χ1) is 9.21. The Balaban J connectivity index is 2.24. The SMILES string of the molecule is O=S(=O)(c1cncc(Br)c1)N1CC=C(C(F)(F)F)CC1. The van der Waals surface area contributed by atoms with Crippen molar-refractivity contribution < 1.29 is 21.6 Å². The number of hydrogen-bond acceptors (Lipinski definition) is 3. The molecule has 0 aromatic carbocycles. The summed E-state index contributed by atoms with van der Waals surface area (Å²) in [6.45, 7) is -0.482. The maximum absolute atomic E-state index is 12.5. The predicted molar refractivity (Wildman–Crippen MR) is 69.5 cm³/mol. The lowest BCUT2D eigenvalue weighted by Gasteiger charge is -2.26. The van der Waals surface area contributed by atoms with Gasteiger partial charge < -0.3 is 0 Å². The summed E-state index contributed by atoms with van der Waals surface area (Å²) in [6.07, 6.45) is -1.23. The van der Waals surface area contributed by atoms with E-state index >= 15 is 0 Å². The molecule has 1 aromatic heterocycles. The van der Waals surface area contributed by atoms with E-state index in [1.54, 1.807) is 0 Å². The fourth-order valence-electron chi connectivity index (χ4n) is 1.81. The molecule has 0 spiro atoms. The van der Waals surface area contributed by atoms with Crippen molar-refractivity contribution in [1.82, 2.24) is 9.29 Å². The Hall–Kier alpha value is -0.930. The van der Waals surface area contributed by atoms with E-state index in [0.717, 1.165) is 10.4 Å². The van der Waals surface area contributed by atoms with Crippen LogP contribution < -0.4 is 0 Å². The highest BCUT2D eigenvalue weighted by Crippen LogP contribution is 2.31. The van der Waals surface area contributed by atoms with Gasteiger partial charge in [0.2, 0.25) is 10.0 Å². The Morgan fingerprint density at radius 1 is 1.30 bits per heavy atom. The molecule has 1 aliphatic heterocycles. The Labute approximate surface area is 122 Å². The van der Waals surface area contributed by atoms with Crippen molar-refractivity contribution in [3.05, 3.63) is 34.6 Å². The number of aromatic nitrogens is 1. The third-order valence-electron chi connectivity index (χ3n) is 2.85. The quantitative estimate of drug-likeness (QED) is 0.752.